The zero-order valence-corrected chi connectivity index (χ0v) is 15.0. The predicted molar refractivity (Wildman–Crippen MR) is 95.3 cm³/mol. The van der Waals surface area contributed by atoms with E-state index in [4.69, 9.17) is 0 Å². The molecule has 2 aromatic heterocycles. The summed E-state index contributed by atoms with van der Waals surface area (Å²) < 4.78 is 25.0. The Balaban J connectivity index is 2.21. The van der Waals surface area contributed by atoms with E-state index in [1.807, 2.05) is 18.2 Å². The van der Waals surface area contributed by atoms with Gasteiger partial charge in [-0.1, -0.05) is 0 Å². The second kappa shape index (κ2) is 6.71. The second-order valence-corrected chi connectivity index (χ2v) is 8.17. The zero-order valence-electron chi connectivity index (χ0n) is 13.4. The van der Waals surface area contributed by atoms with Crippen LogP contribution in [-0.4, -0.2) is 32.3 Å². The lowest BCUT2D eigenvalue weighted by Gasteiger charge is -2.17. The van der Waals surface area contributed by atoms with Crippen molar-refractivity contribution in [2.24, 2.45) is 7.05 Å². The summed E-state index contributed by atoms with van der Waals surface area (Å²) in [6.45, 7) is 6.29. The third-order valence-electron chi connectivity index (χ3n) is 3.60. The van der Waals surface area contributed by atoms with Crippen LogP contribution in [0.2, 0.25) is 0 Å². The Bertz CT molecular complexity index is 766. The van der Waals surface area contributed by atoms with E-state index in [1.165, 1.54) is 11.3 Å². The largest absolute Gasteiger partial charge is 0.364 e. The molecule has 22 heavy (non-hydrogen) atoms. The summed E-state index contributed by atoms with van der Waals surface area (Å²) in [5.74, 6) is 0. The number of aromatic nitrogens is 1. The average molecular weight is 338 g/mol. The molecule has 2 heterocycles. The Morgan fingerprint density at radius 3 is 2.36 bits per heavy atom. The van der Waals surface area contributed by atoms with Gasteiger partial charge in [-0.3, -0.25) is 0 Å². The Hall–Kier alpha value is -1.53. The molecule has 0 unspecified atom stereocenters. The van der Waals surface area contributed by atoms with Crippen LogP contribution in [0.3, 0.4) is 0 Å². The first-order chi connectivity index (χ1) is 10.4. The minimum atomic E-state index is -3.18. The molecule has 0 N–H and O–H groups in total. The van der Waals surface area contributed by atoms with Gasteiger partial charge in [-0.05, 0) is 50.3 Å². The molecule has 0 spiro atoms. The smallest absolute Gasteiger partial charge is 0.190 e. The van der Waals surface area contributed by atoms with E-state index in [0.29, 0.717) is 5.03 Å². The highest BCUT2D eigenvalue weighted by Gasteiger charge is 2.12. The van der Waals surface area contributed by atoms with Crippen molar-refractivity contribution in [1.29, 1.82) is 0 Å². The molecule has 0 amide bonds. The first-order valence-corrected chi connectivity index (χ1v) is 9.96. The fourth-order valence-electron chi connectivity index (χ4n) is 2.35. The number of rotatable bonds is 6. The molecule has 6 heteroatoms. The van der Waals surface area contributed by atoms with Crippen molar-refractivity contribution in [3.63, 3.8) is 0 Å². The lowest BCUT2D eigenvalue weighted by atomic mass is 10.3. The Kier molecular flexibility index (Phi) is 5.13. The second-order valence-electron chi connectivity index (χ2n) is 5.11. The topological polar surface area (TPSA) is 42.3 Å². The Labute approximate surface area is 136 Å². The highest BCUT2D eigenvalue weighted by atomic mass is 32.2. The molecule has 0 aromatic carbocycles. The summed E-state index contributed by atoms with van der Waals surface area (Å²) in [6, 6.07) is 7.69. The van der Waals surface area contributed by atoms with Gasteiger partial charge >= 0.3 is 0 Å². The predicted octanol–water partition coefficient (Wildman–Crippen LogP) is 3.51. The minimum Gasteiger partial charge on any atom is -0.364 e. The van der Waals surface area contributed by atoms with Gasteiger partial charge in [0.2, 0.25) is 0 Å². The Morgan fingerprint density at radius 2 is 1.82 bits per heavy atom. The molecule has 0 aliphatic heterocycles. The number of hydrogen-bond acceptors (Lipinski definition) is 4. The Morgan fingerprint density at radius 1 is 1.14 bits per heavy atom. The van der Waals surface area contributed by atoms with Crippen molar-refractivity contribution in [3.05, 3.63) is 34.8 Å². The van der Waals surface area contributed by atoms with Gasteiger partial charge in [-0.2, -0.15) is 0 Å². The van der Waals surface area contributed by atoms with Crippen LogP contribution < -0.4 is 4.90 Å². The van der Waals surface area contributed by atoms with Crippen molar-refractivity contribution in [2.45, 2.75) is 18.9 Å². The standard InChI is InChI=1S/C16H22N2O2S2/c1-5-18(6-2)15-11-10-14(21-15)9-7-13-8-12-16(17(13)3)22(4,19)20/h7-12H,5-6H2,1-4H3/b9-7+. The number of sulfone groups is 1. The normalized spacial score (nSPS) is 12.2. The maximum atomic E-state index is 11.6. The number of hydrogen-bond donors (Lipinski definition) is 0. The number of nitrogens with zero attached hydrogens (tertiary/aromatic N) is 2. The molecule has 0 aliphatic carbocycles. The molecular formula is C16H22N2O2S2. The third-order valence-corrected chi connectivity index (χ3v) is 5.88. The highest BCUT2D eigenvalue weighted by Crippen LogP contribution is 2.27. The summed E-state index contributed by atoms with van der Waals surface area (Å²) in [6.07, 6.45) is 5.21. The first-order valence-electron chi connectivity index (χ1n) is 7.25. The van der Waals surface area contributed by atoms with E-state index in [0.717, 1.165) is 23.7 Å². The van der Waals surface area contributed by atoms with Gasteiger partial charge in [-0.15, -0.1) is 11.3 Å². The highest BCUT2D eigenvalue weighted by molar-refractivity contribution is 7.90. The van der Waals surface area contributed by atoms with Crippen LogP contribution in [0.1, 0.15) is 24.4 Å². The van der Waals surface area contributed by atoms with Gasteiger partial charge in [0.15, 0.2) is 9.84 Å². The lowest BCUT2D eigenvalue weighted by molar-refractivity contribution is 0.591. The van der Waals surface area contributed by atoms with Crippen molar-refractivity contribution in [2.75, 3.05) is 24.2 Å². The molecule has 4 nitrogen and oxygen atoms in total. The summed E-state index contributed by atoms with van der Waals surface area (Å²) in [5.41, 5.74) is 0.873. The molecule has 120 valence electrons. The van der Waals surface area contributed by atoms with Gasteiger partial charge in [0.1, 0.15) is 5.03 Å². The molecular weight excluding hydrogens is 316 g/mol. The van der Waals surface area contributed by atoms with Crippen LogP contribution >= 0.6 is 11.3 Å². The van der Waals surface area contributed by atoms with Gasteiger partial charge in [0.05, 0.1) is 5.00 Å². The van der Waals surface area contributed by atoms with Crippen LogP contribution in [0.15, 0.2) is 29.3 Å². The van der Waals surface area contributed by atoms with Gasteiger partial charge < -0.3 is 9.47 Å². The number of anilines is 1. The van der Waals surface area contributed by atoms with Crippen LogP contribution in [0.4, 0.5) is 5.00 Å². The van der Waals surface area contributed by atoms with Gasteiger partial charge in [-0.25, -0.2) is 8.42 Å². The van der Waals surface area contributed by atoms with Crippen molar-refractivity contribution in [1.82, 2.24) is 4.57 Å². The summed E-state index contributed by atoms with van der Waals surface area (Å²) in [7, 11) is -1.41. The minimum absolute atomic E-state index is 0.335. The summed E-state index contributed by atoms with van der Waals surface area (Å²) >= 11 is 1.74. The van der Waals surface area contributed by atoms with Crippen LogP contribution in [0.25, 0.3) is 12.2 Å². The lowest BCUT2D eigenvalue weighted by Crippen LogP contribution is -2.20. The van der Waals surface area contributed by atoms with E-state index >= 15 is 0 Å². The number of thiophene rings is 1. The molecule has 0 radical (unpaired) electrons. The fraction of sp³-hybridized carbons (Fsp3) is 0.375. The molecule has 0 fully saturated rings. The quantitative estimate of drug-likeness (QED) is 0.809. The zero-order chi connectivity index (χ0) is 16.3. The third kappa shape index (κ3) is 3.62. The van der Waals surface area contributed by atoms with E-state index in [9.17, 15) is 8.42 Å². The molecule has 0 atom stereocenters. The molecule has 0 saturated carbocycles. The molecule has 2 aromatic rings. The molecule has 0 bridgehead atoms. The molecule has 2 rings (SSSR count). The maximum Gasteiger partial charge on any atom is 0.190 e. The van der Waals surface area contributed by atoms with E-state index in [2.05, 4.69) is 30.9 Å². The van der Waals surface area contributed by atoms with E-state index < -0.39 is 9.84 Å². The van der Waals surface area contributed by atoms with Crippen molar-refractivity contribution < 1.29 is 8.42 Å². The van der Waals surface area contributed by atoms with Crippen LogP contribution in [0.5, 0.6) is 0 Å². The van der Waals surface area contributed by atoms with E-state index in [-0.39, 0.29) is 0 Å². The van der Waals surface area contributed by atoms with Crippen molar-refractivity contribution >= 4 is 38.3 Å². The van der Waals surface area contributed by atoms with Crippen LogP contribution in [0, 0.1) is 0 Å². The van der Waals surface area contributed by atoms with Gasteiger partial charge in [0.25, 0.3) is 0 Å². The summed E-state index contributed by atoms with van der Waals surface area (Å²) in [5, 5.41) is 1.59. The monoisotopic (exact) mass is 338 g/mol. The maximum absolute atomic E-state index is 11.6. The SMILES string of the molecule is CCN(CC)c1ccc(/C=C/c2ccc(S(C)(=O)=O)n2C)s1. The molecule has 0 aliphatic rings. The van der Waals surface area contributed by atoms with Crippen molar-refractivity contribution in [3.8, 4) is 0 Å². The van der Waals surface area contributed by atoms with Crippen LogP contribution in [-0.2, 0) is 16.9 Å². The first kappa shape index (κ1) is 16.8. The fourth-order valence-corrected chi connectivity index (χ4v) is 4.31. The average Bonchev–Trinajstić information content (AvgIpc) is 3.04. The summed E-state index contributed by atoms with van der Waals surface area (Å²) in [4.78, 5) is 3.47. The van der Waals surface area contributed by atoms with E-state index in [1.54, 1.807) is 29.0 Å². The van der Waals surface area contributed by atoms with Gasteiger partial charge in [0, 0.05) is 37.0 Å². The molecule has 0 saturated heterocycles.